The lowest BCUT2D eigenvalue weighted by Crippen LogP contribution is -2.33. The van der Waals surface area contributed by atoms with E-state index in [9.17, 15) is 4.79 Å². The molecule has 0 spiro atoms. The molecule has 0 saturated carbocycles. The van der Waals surface area contributed by atoms with Crippen molar-refractivity contribution in [1.29, 1.82) is 0 Å². The first-order valence-electron chi connectivity index (χ1n) is 4.86. The zero-order chi connectivity index (χ0) is 11.4. The van der Waals surface area contributed by atoms with Crippen molar-refractivity contribution in [2.75, 3.05) is 5.73 Å². The van der Waals surface area contributed by atoms with E-state index in [0.29, 0.717) is 17.9 Å². The molecular weight excluding hydrogens is 192 g/mol. The second-order valence-corrected chi connectivity index (χ2v) is 3.46. The summed E-state index contributed by atoms with van der Waals surface area (Å²) in [6.45, 7) is 3.76. The van der Waals surface area contributed by atoms with Gasteiger partial charge in [0.25, 0.3) is 5.91 Å². The molecule has 0 aromatic heterocycles. The Hall–Kier alpha value is -1.71. The van der Waals surface area contributed by atoms with Crippen LogP contribution in [0.2, 0.25) is 0 Å². The molecule has 1 unspecified atom stereocenters. The van der Waals surface area contributed by atoms with Gasteiger partial charge in [-0.25, -0.2) is 0 Å². The van der Waals surface area contributed by atoms with Crippen LogP contribution in [0.1, 0.15) is 18.9 Å². The standard InChI is InChI=1S/C11H16N2O2/c1-3-9(11(13)14)15-10-6-7(2)4-5-8(10)12/h4-6,9H,3,12H2,1-2H3,(H2,13,14). The summed E-state index contributed by atoms with van der Waals surface area (Å²) in [6.07, 6.45) is -0.0861. The fourth-order valence-electron chi connectivity index (χ4n) is 1.24. The Balaban J connectivity index is 2.87. The molecule has 0 aliphatic heterocycles. The van der Waals surface area contributed by atoms with Gasteiger partial charge in [0.05, 0.1) is 5.69 Å². The first-order valence-corrected chi connectivity index (χ1v) is 4.86. The van der Waals surface area contributed by atoms with E-state index < -0.39 is 12.0 Å². The van der Waals surface area contributed by atoms with Gasteiger partial charge in [-0.2, -0.15) is 0 Å². The van der Waals surface area contributed by atoms with Gasteiger partial charge in [0, 0.05) is 0 Å². The highest BCUT2D eigenvalue weighted by molar-refractivity contribution is 5.79. The predicted molar refractivity (Wildman–Crippen MR) is 59.5 cm³/mol. The van der Waals surface area contributed by atoms with Crippen molar-refractivity contribution in [2.24, 2.45) is 5.73 Å². The average Bonchev–Trinajstić information content (AvgIpc) is 2.18. The number of primary amides is 1. The molecule has 1 atom stereocenters. The molecule has 1 aromatic rings. The number of carbonyl (C=O) groups is 1. The maximum Gasteiger partial charge on any atom is 0.258 e. The van der Waals surface area contributed by atoms with Crippen LogP contribution < -0.4 is 16.2 Å². The summed E-state index contributed by atoms with van der Waals surface area (Å²) in [6, 6.07) is 5.42. The average molecular weight is 208 g/mol. The summed E-state index contributed by atoms with van der Waals surface area (Å²) in [5.41, 5.74) is 12.4. The number of rotatable bonds is 4. The number of hydrogen-bond donors (Lipinski definition) is 2. The van der Waals surface area contributed by atoms with Crippen LogP contribution in [0.25, 0.3) is 0 Å². The van der Waals surface area contributed by atoms with Gasteiger partial charge < -0.3 is 16.2 Å². The number of benzene rings is 1. The van der Waals surface area contributed by atoms with Crippen molar-refractivity contribution in [3.8, 4) is 5.75 Å². The Morgan fingerprint density at radius 2 is 2.20 bits per heavy atom. The number of anilines is 1. The molecule has 0 radical (unpaired) electrons. The number of nitrogens with two attached hydrogens (primary N) is 2. The second-order valence-electron chi connectivity index (χ2n) is 3.46. The summed E-state index contributed by atoms with van der Waals surface area (Å²) in [5, 5.41) is 0. The van der Waals surface area contributed by atoms with E-state index in [1.165, 1.54) is 0 Å². The molecule has 4 heteroatoms. The molecule has 4 nitrogen and oxygen atoms in total. The molecule has 0 bridgehead atoms. The SMILES string of the molecule is CCC(Oc1cc(C)ccc1N)C(N)=O. The quantitative estimate of drug-likeness (QED) is 0.730. The third-order valence-electron chi connectivity index (χ3n) is 2.13. The van der Waals surface area contributed by atoms with E-state index in [2.05, 4.69) is 0 Å². The number of hydrogen-bond acceptors (Lipinski definition) is 3. The van der Waals surface area contributed by atoms with E-state index in [4.69, 9.17) is 16.2 Å². The van der Waals surface area contributed by atoms with Gasteiger partial charge in [-0.15, -0.1) is 0 Å². The Labute approximate surface area is 89.2 Å². The molecule has 1 aromatic carbocycles. The lowest BCUT2D eigenvalue weighted by molar-refractivity contribution is -0.124. The fraction of sp³-hybridized carbons (Fsp3) is 0.364. The van der Waals surface area contributed by atoms with Gasteiger partial charge >= 0.3 is 0 Å². The van der Waals surface area contributed by atoms with E-state index in [-0.39, 0.29) is 0 Å². The first-order chi connectivity index (χ1) is 7.04. The maximum atomic E-state index is 11.0. The highest BCUT2D eigenvalue weighted by Crippen LogP contribution is 2.23. The lowest BCUT2D eigenvalue weighted by Gasteiger charge is -2.15. The predicted octanol–water partition coefficient (Wildman–Crippen LogP) is 1.22. The summed E-state index contributed by atoms with van der Waals surface area (Å²) in [5.74, 6) is 0.0408. The fourth-order valence-corrected chi connectivity index (χ4v) is 1.24. The molecule has 0 heterocycles. The van der Waals surface area contributed by atoms with E-state index in [0.717, 1.165) is 5.56 Å². The van der Waals surface area contributed by atoms with Crippen LogP contribution in [0, 0.1) is 6.92 Å². The monoisotopic (exact) mass is 208 g/mol. The van der Waals surface area contributed by atoms with Crippen LogP contribution in [0.5, 0.6) is 5.75 Å². The van der Waals surface area contributed by atoms with Crippen molar-refractivity contribution < 1.29 is 9.53 Å². The lowest BCUT2D eigenvalue weighted by atomic mass is 10.2. The molecule has 0 saturated heterocycles. The second kappa shape index (κ2) is 4.68. The van der Waals surface area contributed by atoms with E-state index in [1.54, 1.807) is 12.1 Å². The Morgan fingerprint density at radius 1 is 1.53 bits per heavy atom. The molecular formula is C11H16N2O2. The van der Waals surface area contributed by atoms with Gasteiger partial charge in [-0.1, -0.05) is 13.0 Å². The van der Waals surface area contributed by atoms with Gasteiger partial charge in [0.2, 0.25) is 0 Å². The van der Waals surface area contributed by atoms with E-state index >= 15 is 0 Å². The van der Waals surface area contributed by atoms with Gasteiger partial charge in [0.1, 0.15) is 5.75 Å². The number of amides is 1. The number of nitrogen functional groups attached to an aromatic ring is 1. The molecule has 1 amide bonds. The van der Waals surface area contributed by atoms with Crippen LogP contribution in [0.3, 0.4) is 0 Å². The maximum absolute atomic E-state index is 11.0. The minimum atomic E-state index is -0.617. The van der Waals surface area contributed by atoms with Gasteiger partial charge in [0.15, 0.2) is 6.10 Å². The summed E-state index contributed by atoms with van der Waals surface area (Å²) in [4.78, 5) is 11.0. The zero-order valence-electron chi connectivity index (χ0n) is 8.99. The summed E-state index contributed by atoms with van der Waals surface area (Å²) >= 11 is 0. The van der Waals surface area contributed by atoms with Gasteiger partial charge in [-0.3, -0.25) is 4.79 Å². The third-order valence-corrected chi connectivity index (χ3v) is 2.13. The molecule has 1 rings (SSSR count). The summed E-state index contributed by atoms with van der Waals surface area (Å²) < 4.78 is 5.44. The normalized spacial score (nSPS) is 12.1. The molecule has 0 fully saturated rings. The molecule has 0 aliphatic rings. The van der Waals surface area contributed by atoms with Crippen LogP contribution in [-0.4, -0.2) is 12.0 Å². The van der Waals surface area contributed by atoms with Crippen molar-refractivity contribution in [3.63, 3.8) is 0 Å². The minimum Gasteiger partial charge on any atom is -0.478 e. The number of ether oxygens (including phenoxy) is 1. The van der Waals surface area contributed by atoms with Crippen LogP contribution in [0.4, 0.5) is 5.69 Å². The molecule has 0 aliphatic carbocycles. The number of aryl methyl sites for hydroxylation is 1. The van der Waals surface area contributed by atoms with Crippen LogP contribution >= 0.6 is 0 Å². The highest BCUT2D eigenvalue weighted by atomic mass is 16.5. The summed E-state index contributed by atoms with van der Waals surface area (Å²) in [7, 11) is 0. The molecule has 82 valence electrons. The first kappa shape index (κ1) is 11.4. The smallest absolute Gasteiger partial charge is 0.258 e. The number of carbonyl (C=O) groups excluding carboxylic acids is 1. The minimum absolute atomic E-state index is 0.474. The van der Waals surface area contributed by atoms with Crippen LogP contribution in [0.15, 0.2) is 18.2 Å². The van der Waals surface area contributed by atoms with Crippen molar-refractivity contribution in [2.45, 2.75) is 26.4 Å². The molecule has 15 heavy (non-hydrogen) atoms. The van der Waals surface area contributed by atoms with Crippen molar-refractivity contribution in [1.82, 2.24) is 0 Å². The van der Waals surface area contributed by atoms with E-state index in [1.807, 2.05) is 19.9 Å². The van der Waals surface area contributed by atoms with Crippen molar-refractivity contribution in [3.05, 3.63) is 23.8 Å². The van der Waals surface area contributed by atoms with Crippen molar-refractivity contribution >= 4 is 11.6 Å². The Morgan fingerprint density at radius 3 is 2.73 bits per heavy atom. The Bertz CT molecular complexity index is 364. The largest absolute Gasteiger partial charge is 0.478 e. The topological polar surface area (TPSA) is 78.3 Å². The third kappa shape index (κ3) is 2.87. The van der Waals surface area contributed by atoms with Gasteiger partial charge in [-0.05, 0) is 31.0 Å². The highest BCUT2D eigenvalue weighted by Gasteiger charge is 2.15. The van der Waals surface area contributed by atoms with Crippen LogP contribution in [-0.2, 0) is 4.79 Å². The molecule has 4 N–H and O–H groups in total. The Kier molecular flexibility index (Phi) is 3.55. The zero-order valence-corrected chi connectivity index (χ0v) is 8.99.